The second kappa shape index (κ2) is 6.42. The Kier molecular flexibility index (Phi) is 5.41. The lowest BCUT2D eigenvalue weighted by atomic mass is 10.3. The molecule has 1 aromatic rings. The summed E-state index contributed by atoms with van der Waals surface area (Å²) >= 11 is 0. The number of hydrogen-bond acceptors (Lipinski definition) is 6. The fourth-order valence-electron chi connectivity index (χ4n) is 1.37. The number of rotatable bonds is 7. The second-order valence-electron chi connectivity index (χ2n) is 3.79. The Morgan fingerprint density at radius 3 is 2.58 bits per heavy atom. The Bertz CT molecular complexity index is 626. The maximum absolute atomic E-state index is 12.0. The highest BCUT2D eigenvalue weighted by molar-refractivity contribution is 7.91. The van der Waals surface area contributed by atoms with E-state index in [2.05, 4.69) is 9.71 Å². The number of sulfone groups is 1. The Morgan fingerprint density at radius 1 is 1.32 bits per heavy atom. The third kappa shape index (κ3) is 4.53. The van der Waals surface area contributed by atoms with E-state index in [9.17, 15) is 16.8 Å². The summed E-state index contributed by atoms with van der Waals surface area (Å²) in [6.45, 7) is 1.33. The monoisotopic (exact) mass is 307 g/mol. The van der Waals surface area contributed by atoms with Gasteiger partial charge in [0, 0.05) is 25.0 Å². The normalized spacial score (nSPS) is 12.5. The molecule has 0 aliphatic heterocycles. The molecule has 9 heteroatoms. The lowest BCUT2D eigenvalue weighted by Crippen LogP contribution is -2.30. The van der Waals surface area contributed by atoms with Gasteiger partial charge in [-0.2, -0.15) is 0 Å². The summed E-state index contributed by atoms with van der Waals surface area (Å²) in [5, 5.41) is 0. The zero-order chi connectivity index (χ0) is 14.5. The Labute approximate surface area is 113 Å². The van der Waals surface area contributed by atoms with Crippen LogP contribution in [0.4, 0.5) is 0 Å². The molecule has 0 aliphatic rings. The van der Waals surface area contributed by atoms with Crippen molar-refractivity contribution in [1.82, 2.24) is 9.71 Å². The molecule has 108 valence electrons. The zero-order valence-corrected chi connectivity index (χ0v) is 12.2. The van der Waals surface area contributed by atoms with Crippen LogP contribution in [-0.2, 0) is 26.4 Å². The first-order chi connectivity index (χ1) is 8.82. The quantitative estimate of drug-likeness (QED) is 0.684. The van der Waals surface area contributed by atoms with Gasteiger partial charge in [0.2, 0.25) is 10.0 Å². The standard InChI is InChI=1S/C10H17N3O4S2/c1-2-18(14,15)7-6-13-19(16,17)10-4-3-5-12-9(10)8-11/h3-5,13H,2,6-8,11H2,1H3. The smallest absolute Gasteiger partial charge is 0.242 e. The third-order valence-corrected chi connectivity index (χ3v) is 5.72. The van der Waals surface area contributed by atoms with E-state index in [0.29, 0.717) is 0 Å². The highest BCUT2D eigenvalue weighted by Gasteiger charge is 2.19. The lowest BCUT2D eigenvalue weighted by molar-refractivity contribution is 0.579. The molecular weight excluding hydrogens is 290 g/mol. The molecule has 19 heavy (non-hydrogen) atoms. The molecule has 0 radical (unpaired) electrons. The van der Waals surface area contributed by atoms with Crippen molar-refractivity contribution in [3.05, 3.63) is 24.0 Å². The van der Waals surface area contributed by atoms with Crippen LogP contribution in [0.3, 0.4) is 0 Å². The number of nitrogens with one attached hydrogen (secondary N) is 1. The van der Waals surface area contributed by atoms with Gasteiger partial charge in [0.25, 0.3) is 0 Å². The van der Waals surface area contributed by atoms with Crippen molar-refractivity contribution < 1.29 is 16.8 Å². The van der Waals surface area contributed by atoms with Crippen molar-refractivity contribution in [2.75, 3.05) is 18.1 Å². The van der Waals surface area contributed by atoms with Gasteiger partial charge in [-0.25, -0.2) is 21.6 Å². The van der Waals surface area contributed by atoms with E-state index in [0.717, 1.165) is 0 Å². The minimum atomic E-state index is -3.79. The van der Waals surface area contributed by atoms with E-state index in [-0.39, 0.29) is 35.2 Å². The summed E-state index contributed by atoms with van der Waals surface area (Å²) in [6, 6.07) is 2.86. The molecule has 7 nitrogen and oxygen atoms in total. The molecule has 1 aromatic heterocycles. The van der Waals surface area contributed by atoms with Crippen LogP contribution in [0.15, 0.2) is 23.2 Å². The molecule has 0 amide bonds. The van der Waals surface area contributed by atoms with Crippen molar-refractivity contribution in [3.63, 3.8) is 0 Å². The molecule has 1 heterocycles. The van der Waals surface area contributed by atoms with Crippen LogP contribution in [0.2, 0.25) is 0 Å². The largest absolute Gasteiger partial charge is 0.325 e. The highest BCUT2D eigenvalue weighted by atomic mass is 32.2. The van der Waals surface area contributed by atoms with Gasteiger partial charge in [-0.1, -0.05) is 6.92 Å². The third-order valence-electron chi connectivity index (χ3n) is 2.48. The van der Waals surface area contributed by atoms with Gasteiger partial charge < -0.3 is 5.73 Å². The van der Waals surface area contributed by atoms with Gasteiger partial charge >= 0.3 is 0 Å². The van der Waals surface area contributed by atoms with Gasteiger partial charge in [-0.3, -0.25) is 4.98 Å². The molecule has 1 rings (SSSR count). The van der Waals surface area contributed by atoms with Crippen molar-refractivity contribution in [2.45, 2.75) is 18.4 Å². The lowest BCUT2D eigenvalue weighted by Gasteiger charge is -2.09. The zero-order valence-electron chi connectivity index (χ0n) is 10.5. The predicted molar refractivity (Wildman–Crippen MR) is 71.6 cm³/mol. The number of nitrogens with zero attached hydrogens (tertiary/aromatic N) is 1. The van der Waals surface area contributed by atoms with Crippen molar-refractivity contribution in [2.24, 2.45) is 5.73 Å². The Hall–Kier alpha value is -1.03. The minimum absolute atomic E-state index is 0.00958. The Balaban J connectivity index is 2.82. The number of aromatic nitrogens is 1. The van der Waals surface area contributed by atoms with Crippen LogP contribution in [0.5, 0.6) is 0 Å². The van der Waals surface area contributed by atoms with Gasteiger partial charge in [-0.05, 0) is 12.1 Å². The first kappa shape index (κ1) is 16.0. The first-order valence-corrected chi connectivity index (χ1v) is 8.97. The van der Waals surface area contributed by atoms with Gasteiger partial charge in [0.05, 0.1) is 11.4 Å². The molecule has 0 fully saturated rings. The number of hydrogen-bond donors (Lipinski definition) is 2. The van der Waals surface area contributed by atoms with Crippen LogP contribution >= 0.6 is 0 Å². The van der Waals surface area contributed by atoms with E-state index in [1.54, 1.807) is 0 Å². The van der Waals surface area contributed by atoms with Crippen LogP contribution in [-0.4, -0.2) is 39.9 Å². The van der Waals surface area contributed by atoms with E-state index in [1.165, 1.54) is 25.3 Å². The summed E-state index contributed by atoms with van der Waals surface area (Å²) in [5.41, 5.74) is 5.66. The van der Waals surface area contributed by atoms with Crippen LogP contribution in [0.25, 0.3) is 0 Å². The summed E-state index contributed by atoms with van der Waals surface area (Å²) in [5.74, 6) is -0.253. The predicted octanol–water partition coefficient (Wildman–Crippen LogP) is -0.747. The van der Waals surface area contributed by atoms with Crippen molar-refractivity contribution in [1.29, 1.82) is 0 Å². The molecule has 0 atom stereocenters. The van der Waals surface area contributed by atoms with Gasteiger partial charge in [0.15, 0.2) is 9.84 Å². The van der Waals surface area contributed by atoms with Gasteiger partial charge in [0.1, 0.15) is 4.90 Å². The topological polar surface area (TPSA) is 119 Å². The number of nitrogens with two attached hydrogens (primary N) is 1. The second-order valence-corrected chi connectivity index (χ2v) is 7.99. The van der Waals surface area contributed by atoms with Crippen LogP contribution in [0.1, 0.15) is 12.6 Å². The summed E-state index contributed by atoms with van der Waals surface area (Å²) < 4.78 is 48.8. The maximum atomic E-state index is 12.0. The highest BCUT2D eigenvalue weighted by Crippen LogP contribution is 2.11. The molecule has 0 unspecified atom stereocenters. The van der Waals surface area contributed by atoms with Crippen LogP contribution in [0, 0.1) is 0 Å². The van der Waals surface area contributed by atoms with Crippen molar-refractivity contribution in [3.8, 4) is 0 Å². The molecule has 0 aliphatic carbocycles. The molecule has 3 N–H and O–H groups in total. The Morgan fingerprint density at radius 2 is 2.00 bits per heavy atom. The first-order valence-electron chi connectivity index (χ1n) is 5.66. The number of sulfonamides is 1. The molecule has 0 spiro atoms. The van der Waals surface area contributed by atoms with E-state index in [1.807, 2.05) is 0 Å². The molecule has 0 aromatic carbocycles. The van der Waals surface area contributed by atoms with E-state index in [4.69, 9.17) is 5.73 Å². The maximum Gasteiger partial charge on any atom is 0.242 e. The average molecular weight is 307 g/mol. The summed E-state index contributed by atoms with van der Waals surface area (Å²) in [6.07, 6.45) is 1.45. The molecule has 0 saturated carbocycles. The minimum Gasteiger partial charge on any atom is -0.325 e. The molecule has 0 bridgehead atoms. The molecule has 0 saturated heterocycles. The molecular formula is C10H17N3O4S2. The number of pyridine rings is 1. The van der Waals surface area contributed by atoms with Crippen molar-refractivity contribution >= 4 is 19.9 Å². The van der Waals surface area contributed by atoms with E-state index < -0.39 is 19.9 Å². The summed E-state index contributed by atoms with van der Waals surface area (Å²) in [7, 11) is -7.00. The van der Waals surface area contributed by atoms with E-state index >= 15 is 0 Å². The van der Waals surface area contributed by atoms with Gasteiger partial charge in [-0.15, -0.1) is 0 Å². The fourth-order valence-corrected chi connectivity index (χ4v) is 3.44. The van der Waals surface area contributed by atoms with Crippen LogP contribution < -0.4 is 10.5 Å². The fraction of sp³-hybridized carbons (Fsp3) is 0.500. The summed E-state index contributed by atoms with van der Waals surface area (Å²) in [4.78, 5) is 3.85. The SMILES string of the molecule is CCS(=O)(=O)CCNS(=O)(=O)c1cccnc1CN. The average Bonchev–Trinajstić information content (AvgIpc) is 2.38.